The van der Waals surface area contributed by atoms with E-state index in [1.165, 1.54) is 30.2 Å². The minimum absolute atomic E-state index is 0.102. The summed E-state index contributed by atoms with van der Waals surface area (Å²) in [6, 6.07) is 20.2. The maximum atomic E-state index is 9.04. The van der Waals surface area contributed by atoms with Crippen LogP contribution < -0.4 is 0 Å². The van der Waals surface area contributed by atoms with E-state index in [2.05, 4.69) is 23.6 Å². The number of thiophene rings is 4. The molecule has 0 unspecified atom stereocenters. The fraction of sp³-hybridized carbons (Fsp3) is 0.111. The molecule has 0 saturated heterocycles. The average Bonchev–Trinajstić information content (AvgIpc) is 3.70. The van der Waals surface area contributed by atoms with Crippen LogP contribution in [0.2, 0.25) is 0 Å². The number of fused-ring (bicyclic) bond motifs is 3. The highest BCUT2D eigenvalue weighted by Gasteiger charge is 2.19. The fourth-order valence-electron chi connectivity index (χ4n) is 3.92. The van der Waals surface area contributed by atoms with Gasteiger partial charge in [-0.3, -0.25) is 0 Å². The number of aryl methyl sites for hydroxylation is 1. The number of hydrogen-bond acceptors (Lipinski definition) is 8. The third-order valence-corrected chi connectivity index (χ3v) is 10.3. The van der Waals surface area contributed by atoms with Gasteiger partial charge in [-0.1, -0.05) is 6.92 Å². The Morgan fingerprint density at radius 1 is 0.694 bits per heavy atom. The molecule has 5 aromatic rings. The van der Waals surface area contributed by atoms with Crippen LogP contribution in [-0.4, -0.2) is 4.57 Å². The van der Waals surface area contributed by atoms with Crippen LogP contribution in [0.4, 0.5) is 0 Å². The van der Waals surface area contributed by atoms with Gasteiger partial charge in [-0.25, -0.2) is 0 Å². The van der Waals surface area contributed by atoms with E-state index in [-0.39, 0.29) is 11.1 Å². The molecule has 0 amide bonds. The maximum Gasteiger partial charge on any atom is 0.131 e. The predicted octanol–water partition coefficient (Wildman–Crippen LogP) is 8.65. The van der Waals surface area contributed by atoms with Gasteiger partial charge in [0.1, 0.15) is 35.4 Å². The van der Waals surface area contributed by atoms with Crippen LogP contribution in [-0.2, 0) is 6.54 Å². The number of rotatable bonds is 6. The number of aromatic nitrogens is 1. The maximum absolute atomic E-state index is 9.04. The van der Waals surface area contributed by atoms with E-state index in [1.54, 1.807) is 57.5 Å². The molecule has 0 spiro atoms. The molecule has 0 fully saturated rings. The third-order valence-electron chi connectivity index (χ3n) is 5.45. The topological polar surface area (TPSA) is 100 Å². The van der Waals surface area contributed by atoms with Gasteiger partial charge in [0.15, 0.2) is 0 Å². The Morgan fingerprint density at radius 2 is 1.14 bits per heavy atom. The first kappa shape index (κ1) is 23.8. The van der Waals surface area contributed by atoms with E-state index in [0.29, 0.717) is 0 Å². The zero-order chi connectivity index (χ0) is 25.2. The minimum atomic E-state index is 0.102. The Balaban J connectivity index is 1.57. The van der Waals surface area contributed by atoms with Crippen molar-refractivity contribution in [3.63, 3.8) is 0 Å². The van der Waals surface area contributed by atoms with Gasteiger partial charge in [0.05, 0.1) is 20.4 Å². The molecule has 0 aliphatic rings. The van der Waals surface area contributed by atoms with Gasteiger partial charge in [0, 0.05) is 35.8 Å². The van der Waals surface area contributed by atoms with Gasteiger partial charge in [0.2, 0.25) is 0 Å². The zero-order valence-corrected chi connectivity index (χ0v) is 22.2. The minimum Gasteiger partial charge on any atom is -0.339 e. The zero-order valence-electron chi connectivity index (χ0n) is 18.9. The van der Waals surface area contributed by atoms with Gasteiger partial charge >= 0.3 is 0 Å². The molecule has 172 valence electrons. The van der Waals surface area contributed by atoms with E-state index >= 15 is 0 Å². The predicted molar refractivity (Wildman–Crippen MR) is 151 cm³/mol. The summed E-state index contributed by atoms with van der Waals surface area (Å²) in [6.07, 6.45) is 4.28. The van der Waals surface area contributed by atoms with Gasteiger partial charge in [0.25, 0.3) is 0 Å². The first-order valence-corrected chi connectivity index (χ1v) is 14.1. The van der Waals surface area contributed by atoms with E-state index in [9.17, 15) is 0 Å². The second-order valence-electron chi connectivity index (χ2n) is 7.77. The molecule has 9 heteroatoms. The summed E-state index contributed by atoms with van der Waals surface area (Å²) in [5.41, 5.74) is 2.66. The lowest BCUT2D eigenvalue weighted by Crippen LogP contribution is -1.94. The first-order chi connectivity index (χ1) is 17.6. The molecule has 5 heterocycles. The lowest BCUT2D eigenvalue weighted by molar-refractivity contribution is 0.725. The number of allylic oxidation sites excluding steroid dienone is 2. The highest BCUT2D eigenvalue weighted by molar-refractivity contribution is 7.32. The average molecular weight is 538 g/mol. The Hall–Kier alpha value is -3.96. The van der Waals surface area contributed by atoms with Crippen molar-refractivity contribution in [3.05, 3.63) is 57.3 Å². The molecule has 5 nitrogen and oxygen atoms in total. The Morgan fingerprint density at radius 3 is 1.53 bits per heavy atom. The molecule has 0 radical (unpaired) electrons. The lowest BCUT2D eigenvalue weighted by atomic mass is 10.3. The van der Waals surface area contributed by atoms with Crippen molar-refractivity contribution in [2.24, 2.45) is 0 Å². The summed E-state index contributed by atoms with van der Waals surface area (Å²) in [7, 11) is 0. The summed E-state index contributed by atoms with van der Waals surface area (Å²) < 4.78 is 4.91. The molecule has 5 rings (SSSR count). The van der Waals surface area contributed by atoms with Crippen LogP contribution in [0.25, 0.3) is 52.1 Å². The molecule has 0 aromatic carbocycles. The molecule has 0 aliphatic heterocycles. The van der Waals surface area contributed by atoms with Crippen LogP contribution in [0.1, 0.15) is 23.1 Å². The second kappa shape index (κ2) is 9.96. The molecule has 36 heavy (non-hydrogen) atoms. The van der Waals surface area contributed by atoms with E-state index in [0.717, 1.165) is 32.5 Å². The number of nitriles is 4. The second-order valence-corrected chi connectivity index (χ2v) is 12.1. The van der Waals surface area contributed by atoms with Crippen molar-refractivity contribution < 1.29 is 0 Å². The van der Waals surface area contributed by atoms with Crippen molar-refractivity contribution >= 4 is 77.9 Å². The first-order valence-electron chi connectivity index (χ1n) is 10.9. The summed E-state index contributed by atoms with van der Waals surface area (Å²) in [5, 5.41) is 36.2. The third kappa shape index (κ3) is 4.27. The van der Waals surface area contributed by atoms with Gasteiger partial charge < -0.3 is 4.57 Å². The summed E-state index contributed by atoms with van der Waals surface area (Å²) in [5.74, 6) is 0. The molecule has 0 saturated carbocycles. The fourth-order valence-corrected chi connectivity index (χ4v) is 8.45. The molecule has 5 aromatic heterocycles. The van der Waals surface area contributed by atoms with Gasteiger partial charge in [-0.15, -0.1) is 45.3 Å². The van der Waals surface area contributed by atoms with Crippen molar-refractivity contribution in [2.75, 3.05) is 0 Å². The van der Waals surface area contributed by atoms with Crippen molar-refractivity contribution in [3.8, 4) is 43.8 Å². The Labute approximate surface area is 223 Å². The quantitative estimate of drug-likeness (QED) is 0.202. The van der Waals surface area contributed by atoms with Crippen molar-refractivity contribution in [1.29, 1.82) is 21.0 Å². The highest BCUT2D eigenvalue weighted by atomic mass is 32.1. The van der Waals surface area contributed by atoms with Crippen LogP contribution in [0, 0.1) is 45.3 Å². The molecule has 0 aliphatic carbocycles. The lowest BCUT2D eigenvalue weighted by Gasteiger charge is -2.02. The number of hydrogen-bond donors (Lipinski definition) is 0. The van der Waals surface area contributed by atoms with Gasteiger partial charge in [-0.05, 0) is 55.0 Å². The summed E-state index contributed by atoms with van der Waals surface area (Å²) >= 11 is 6.69. The van der Waals surface area contributed by atoms with Crippen molar-refractivity contribution in [1.82, 2.24) is 4.57 Å². The summed E-state index contributed by atoms with van der Waals surface area (Å²) in [4.78, 5) is 6.36. The molecule has 0 N–H and O–H groups in total. The number of nitrogens with zero attached hydrogens (tertiary/aromatic N) is 5. The van der Waals surface area contributed by atoms with Crippen LogP contribution in [0.15, 0.2) is 47.5 Å². The molecule has 0 atom stereocenters. The summed E-state index contributed by atoms with van der Waals surface area (Å²) in [6.45, 7) is 3.10. The molecule has 0 bridgehead atoms. The van der Waals surface area contributed by atoms with Crippen LogP contribution in [0.3, 0.4) is 0 Å². The standard InChI is InChI=1S/C27H15N5S4/c1-2-7-32-20-10-24(22-5-3-18(33-22)8-16(12-28)13-29)35-26(20)27-21(32)11-25(36-27)23-6-4-19(34-23)9-17(14-30)15-31/h3-6,8-11H,2,7H2,1H3. The monoisotopic (exact) mass is 537 g/mol. The molecular formula is C27H15N5S4. The van der Waals surface area contributed by atoms with Gasteiger partial charge in [-0.2, -0.15) is 21.0 Å². The molecular weight excluding hydrogens is 523 g/mol. The van der Waals surface area contributed by atoms with E-state index in [1.807, 2.05) is 48.5 Å². The SMILES string of the molecule is CCCn1c2cc(-c3ccc(C=C(C#N)C#N)s3)sc2c2sc(-c3ccc(C=C(C#N)C#N)s3)cc21. The van der Waals surface area contributed by atoms with E-state index in [4.69, 9.17) is 21.0 Å². The Bertz CT molecular complexity index is 1690. The normalized spacial score (nSPS) is 10.5. The highest BCUT2D eigenvalue weighted by Crippen LogP contribution is 2.47. The largest absolute Gasteiger partial charge is 0.339 e. The van der Waals surface area contributed by atoms with Crippen LogP contribution >= 0.6 is 45.3 Å². The Kier molecular flexibility index (Phi) is 6.57. The van der Waals surface area contributed by atoms with Crippen LogP contribution in [0.5, 0.6) is 0 Å². The smallest absolute Gasteiger partial charge is 0.131 e. The van der Waals surface area contributed by atoms with Crippen molar-refractivity contribution in [2.45, 2.75) is 19.9 Å². The van der Waals surface area contributed by atoms with E-state index < -0.39 is 0 Å².